The molecule has 5 aliphatic rings. The SMILES string of the molecule is Cc1ccc2c(n1)oc1c(N3C=CC(C)N3C)c(C)ccc12.Cc1ccc2c(oc3ccccc32)c1N1C=CC(C)N1C.Cc1ccc2c(oc3ccccc32)c1N1C=CC(c2c(C(C)C)cccc2C(C)C)N1C.Cc1ccccc1N1C=CC(c2c(C(C)C)cccc2C(C)C)N1C.Cc1ccccc1N1C=CC(c2ccccc2)N1C. The minimum Gasteiger partial charge on any atom is -0.454 e. The van der Waals surface area contributed by atoms with Gasteiger partial charge in [0.1, 0.15) is 28.2 Å². The van der Waals surface area contributed by atoms with E-state index in [9.17, 15) is 0 Å². The summed E-state index contributed by atoms with van der Waals surface area (Å²) in [5.74, 6) is 1.98. The standard InChI is InChI=1S/C29H32N2O.C23H30N2.C18H19N3O.C18H18N2O.C17H18N2/c1-18(2)21-11-9-12-22(19(3)4)27(21)25-16-17-31(30(25)6)28-20(5)14-15-24-23-10-7-8-13-26(23)32-29(24)28;1-16(2)19-11-9-12-20(17(3)4)23(19)22-14-15-25(24(22)6)21-13-8-7-10-18(21)5;1-11-5-7-14-15-8-6-12(2)19-18(15)22-17(14)16(11)21-10-9-13(3)20(21)4;1-12-8-9-15-14-6-4-5-7-16(14)21-18(15)17(12)20-11-10-13(2)19(20)3;1-14-8-6-7-11-16(14)19-13-12-17(18(19)2)15-9-4-3-5-10-15/h7-19,25H,1-6H3;7-17,22H,1-6H3;5-10,13H,1-4H3;4-11,13H,1-3H3;3-13,17H,1-2H3. The van der Waals surface area contributed by atoms with E-state index in [0.717, 1.165) is 66.8 Å². The third-order valence-electron chi connectivity index (χ3n) is 24.6. The van der Waals surface area contributed by atoms with Gasteiger partial charge in [0.2, 0.25) is 5.71 Å². The summed E-state index contributed by atoms with van der Waals surface area (Å²) in [5, 5.41) is 29.4. The number of hydrazine groups is 5. The Labute approximate surface area is 704 Å². The number of aromatic nitrogens is 1. The molecule has 0 aliphatic carbocycles. The lowest BCUT2D eigenvalue weighted by molar-refractivity contribution is 0.307. The van der Waals surface area contributed by atoms with E-state index in [0.29, 0.717) is 47.5 Å². The van der Waals surface area contributed by atoms with Crippen LogP contribution in [0.15, 0.2) is 287 Å². The van der Waals surface area contributed by atoms with E-state index in [1.807, 2.05) is 31.2 Å². The number of hydrogen-bond acceptors (Lipinski definition) is 14. The Kier molecular flexibility index (Phi) is 24.0. The third-order valence-corrected chi connectivity index (χ3v) is 24.6. The molecule has 610 valence electrons. The molecule has 0 radical (unpaired) electrons. The van der Waals surface area contributed by atoms with Crippen molar-refractivity contribution in [1.82, 2.24) is 30.0 Å². The molecule has 0 spiro atoms. The predicted molar refractivity (Wildman–Crippen MR) is 500 cm³/mol. The zero-order valence-corrected chi connectivity index (χ0v) is 73.3. The van der Waals surface area contributed by atoms with Gasteiger partial charge in [0.15, 0.2) is 16.7 Å². The average molecular weight is 1580 g/mol. The molecular weight excluding hydrogens is 1460 g/mol. The van der Waals surface area contributed by atoms with E-state index < -0.39 is 0 Å². The van der Waals surface area contributed by atoms with Gasteiger partial charge in [0, 0.05) is 116 Å². The number of aryl methyl sites for hydroxylation is 6. The van der Waals surface area contributed by atoms with Crippen molar-refractivity contribution in [1.29, 1.82) is 0 Å². The number of pyridine rings is 1. The first-order chi connectivity index (χ1) is 57.3. The topological polar surface area (TPSA) is 84.7 Å². The number of nitrogens with zero attached hydrogens (tertiary/aromatic N) is 11. The number of furan rings is 3. The lowest BCUT2D eigenvalue weighted by Gasteiger charge is -2.34. The van der Waals surface area contributed by atoms with Gasteiger partial charge in [-0.3, -0.25) is 25.0 Å². The summed E-state index contributed by atoms with van der Waals surface area (Å²) in [5.41, 5.74) is 28.4. The Balaban J connectivity index is 0.000000118. The largest absolute Gasteiger partial charge is 0.454 e. The van der Waals surface area contributed by atoms with Gasteiger partial charge in [0.25, 0.3) is 0 Å². The van der Waals surface area contributed by atoms with Gasteiger partial charge in [-0.15, -0.1) is 0 Å². The van der Waals surface area contributed by atoms with Crippen molar-refractivity contribution in [3.63, 3.8) is 0 Å². The smallest absolute Gasteiger partial charge is 0.227 e. The average Bonchev–Trinajstić information content (AvgIpc) is 1.61. The minimum absolute atomic E-state index is 0.185. The molecule has 5 unspecified atom stereocenters. The van der Waals surface area contributed by atoms with E-state index in [-0.39, 0.29) is 12.1 Å². The van der Waals surface area contributed by atoms with Gasteiger partial charge in [0.05, 0.1) is 29.5 Å². The molecule has 19 rings (SSSR count). The minimum atomic E-state index is 0.185. The highest BCUT2D eigenvalue weighted by Crippen LogP contribution is 2.47. The van der Waals surface area contributed by atoms with E-state index >= 15 is 0 Å². The van der Waals surface area contributed by atoms with E-state index in [1.165, 1.54) is 94.3 Å². The molecule has 9 heterocycles. The summed E-state index contributed by atoms with van der Waals surface area (Å²) in [4.78, 5) is 4.53. The maximum atomic E-state index is 6.39. The van der Waals surface area contributed by atoms with E-state index in [1.54, 1.807) is 0 Å². The Bertz CT molecular complexity index is 6120. The second kappa shape index (κ2) is 34.7. The fourth-order valence-corrected chi connectivity index (χ4v) is 17.6. The molecule has 10 aromatic carbocycles. The van der Waals surface area contributed by atoms with Crippen LogP contribution in [0.1, 0.15) is 183 Å². The highest BCUT2D eigenvalue weighted by molar-refractivity contribution is 6.11. The second-order valence-electron chi connectivity index (χ2n) is 33.8. The van der Waals surface area contributed by atoms with Crippen LogP contribution >= 0.6 is 0 Å². The van der Waals surface area contributed by atoms with Crippen LogP contribution in [0, 0.1) is 41.5 Å². The van der Waals surface area contributed by atoms with Crippen LogP contribution in [0.2, 0.25) is 0 Å². The number of anilines is 5. The molecule has 0 bridgehead atoms. The van der Waals surface area contributed by atoms with Crippen molar-refractivity contribution in [3.8, 4) is 0 Å². The van der Waals surface area contributed by atoms with Crippen molar-refractivity contribution < 1.29 is 13.3 Å². The Morgan fingerprint density at radius 3 is 1.03 bits per heavy atom. The Morgan fingerprint density at radius 1 is 0.286 bits per heavy atom. The van der Waals surface area contributed by atoms with Gasteiger partial charge < -0.3 is 13.3 Å². The van der Waals surface area contributed by atoms with E-state index in [4.69, 9.17) is 13.3 Å². The van der Waals surface area contributed by atoms with Crippen molar-refractivity contribution in [3.05, 3.63) is 346 Å². The van der Waals surface area contributed by atoms with Crippen LogP contribution in [-0.2, 0) is 0 Å². The summed E-state index contributed by atoms with van der Waals surface area (Å²) >= 11 is 0. The highest BCUT2D eigenvalue weighted by atomic mass is 16.3. The molecule has 0 N–H and O–H groups in total. The number of benzene rings is 10. The molecule has 119 heavy (non-hydrogen) atoms. The third kappa shape index (κ3) is 15.9. The van der Waals surface area contributed by atoms with E-state index in [2.05, 4.69) is 444 Å². The molecule has 0 amide bonds. The number of fused-ring (bicyclic) bond motifs is 9. The van der Waals surface area contributed by atoms with Gasteiger partial charge in [-0.2, -0.15) is 0 Å². The molecule has 0 saturated carbocycles. The maximum Gasteiger partial charge on any atom is 0.227 e. The summed E-state index contributed by atoms with van der Waals surface area (Å²) in [6, 6.07) is 76.4. The zero-order chi connectivity index (χ0) is 83.9. The quantitative estimate of drug-likeness (QED) is 0.116. The molecular formula is C105H117N11O3. The van der Waals surface area contributed by atoms with Gasteiger partial charge in [-0.1, -0.05) is 231 Å². The first-order valence-corrected chi connectivity index (χ1v) is 42.3. The van der Waals surface area contributed by atoms with Crippen molar-refractivity contribution in [2.75, 3.05) is 60.3 Å². The Hall–Kier alpha value is -11.8. The number of hydrogen-bond donors (Lipinski definition) is 0. The number of para-hydroxylation sites is 4. The molecule has 0 saturated heterocycles. The Morgan fingerprint density at radius 2 is 0.622 bits per heavy atom. The predicted octanol–water partition coefficient (Wildman–Crippen LogP) is 26.8. The van der Waals surface area contributed by atoms with Crippen LogP contribution < -0.4 is 25.0 Å². The molecule has 0 fully saturated rings. The number of rotatable bonds is 12. The van der Waals surface area contributed by atoms with Crippen LogP contribution in [0.5, 0.6) is 0 Å². The van der Waals surface area contributed by atoms with Crippen molar-refractivity contribution >= 4 is 94.4 Å². The van der Waals surface area contributed by atoms with Crippen LogP contribution in [0.25, 0.3) is 65.9 Å². The number of likely N-dealkylation sites (N-methyl/N-ethyl adjacent to an activating group) is 5. The highest BCUT2D eigenvalue weighted by Gasteiger charge is 2.35. The first-order valence-electron chi connectivity index (χ1n) is 42.3. The summed E-state index contributed by atoms with van der Waals surface area (Å²) in [6.07, 6.45) is 22.1. The fourth-order valence-electron chi connectivity index (χ4n) is 17.6. The maximum absolute atomic E-state index is 6.39. The molecule has 14 nitrogen and oxygen atoms in total. The molecule has 14 heteroatoms. The van der Waals surface area contributed by atoms with Gasteiger partial charge in [-0.25, -0.2) is 30.0 Å². The van der Waals surface area contributed by atoms with Crippen molar-refractivity contribution in [2.45, 2.75) is 165 Å². The summed E-state index contributed by atoms with van der Waals surface area (Å²) in [6.45, 7) is 35.4. The van der Waals surface area contributed by atoms with Crippen molar-refractivity contribution in [2.24, 2.45) is 0 Å². The lowest BCUT2D eigenvalue weighted by atomic mass is 9.85. The summed E-state index contributed by atoms with van der Waals surface area (Å²) < 4.78 is 18.7. The molecule has 5 atom stereocenters. The zero-order valence-electron chi connectivity index (χ0n) is 73.3. The van der Waals surface area contributed by atoms with Crippen LogP contribution in [0.3, 0.4) is 0 Å². The monoisotopic (exact) mass is 1580 g/mol. The fraction of sp³-hybridized carbons (Fsp3) is 0.286. The lowest BCUT2D eigenvalue weighted by Crippen LogP contribution is -2.36. The molecule has 5 aliphatic heterocycles. The van der Waals surface area contributed by atoms with Gasteiger partial charge >= 0.3 is 0 Å². The molecule has 14 aromatic rings. The summed E-state index contributed by atoms with van der Waals surface area (Å²) in [7, 11) is 10.7. The van der Waals surface area contributed by atoms with Crippen LogP contribution in [-0.4, -0.2) is 77.4 Å². The van der Waals surface area contributed by atoms with Crippen LogP contribution in [0.4, 0.5) is 28.4 Å². The second-order valence-corrected chi connectivity index (χ2v) is 33.8. The van der Waals surface area contributed by atoms with Gasteiger partial charge in [-0.05, 0) is 213 Å². The molecule has 4 aromatic heterocycles. The normalized spacial score (nSPS) is 18.3. The first kappa shape index (κ1) is 82.4.